The lowest BCUT2D eigenvalue weighted by Crippen LogP contribution is -2.44. The van der Waals surface area contributed by atoms with Crippen molar-refractivity contribution < 1.29 is 14.5 Å². The molecule has 1 aliphatic heterocycles. The summed E-state index contributed by atoms with van der Waals surface area (Å²) in [6, 6.07) is 6.47. The maximum Gasteiger partial charge on any atom is 0.348 e. The Labute approximate surface area is 146 Å². The highest BCUT2D eigenvalue weighted by Crippen LogP contribution is 2.30. The van der Waals surface area contributed by atoms with Crippen molar-refractivity contribution in [3.63, 3.8) is 0 Å². The number of likely N-dealkylation sites (N-methyl/N-ethyl adjacent to an activating group) is 1. The van der Waals surface area contributed by atoms with Crippen LogP contribution in [-0.4, -0.2) is 55.6 Å². The van der Waals surface area contributed by atoms with Crippen LogP contribution in [0.5, 0.6) is 0 Å². The first-order valence-corrected chi connectivity index (χ1v) is 7.97. The largest absolute Gasteiger partial charge is 0.462 e. The molecule has 2 rings (SSSR count). The number of hydrogen-bond donors (Lipinski definition) is 0. The topological polar surface area (TPSA) is 99.7 Å². The van der Waals surface area contributed by atoms with Gasteiger partial charge in [-0.3, -0.25) is 10.1 Å². The molecule has 0 bridgehead atoms. The number of hydrogen-bond acceptors (Lipinski definition) is 7. The number of rotatable bonds is 5. The molecular weight excluding hydrogens is 324 g/mol. The van der Waals surface area contributed by atoms with Crippen molar-refractivity contribution in [2.45, 2.75) is 6.92 Å². The molecule has 8 heteroatoms. The molecule has 0 amide bonds. The normalized spacial score (nSPS) is 15.6. The fourth-order valence-corrected chi connectivity index (χ4v) is 2.60. The third-order valence-corrected chi connectivity index (χ3v) is 3.97. The van der Waals surface area contributed by atoms with Crippen LogP contribution in [0.3, 0.4) is 0 Å². The molecule has 0 aromatic heterocycles. The SMILES string of the molecule is CCOC(=O)/C(C#N)=C/c1ccc(N2CCN(C)CC2)c([N+](=O)[O-])c1. The number of ether oxygens (including phenoxy) is 1. The maximum atomic E-state index is 11.7. The minimum atomic E-state index is -0.740. The van der Waals surface area contributed by atoms with Crippen LogP contribution in [0.4, 0.5) is 11.4 Å². The van der Waals surface area contributed by atoms with E-state index in [2.05, 4.69) is 4.90 Å². The lowest BCUT2D eigenvalue weighted by atomic mass is 10.1. The molecule has 1 saturated heterocycles. The Hall–Kier alpha value is -2.92. The lowest BCUT2D eigenvalue weighted by Gasteiger charge is -2.33. The van der Waals surface area contributed by atoms with E-state index in [-0.39, 0.29) is 17.9 Å². The quantitative estimate of drug-likeness (QED) is 0.264. The number of carbonyl (C=O) groups is 1. The number of nitrogens with zero attached hydrogens (tertiary/aromatic N) is 4. The van der Waals surface area contributed by atoms with Gasteiger partial charge in [0.1, 0.15) is 17.3 Å². The zero-order valence-electron chi connectivity index (χ0n) is 14.3. The van der Waals surface area contributed by atoms with Crippen LogP contribution >= 0.6 is 0 Å². The van der Waals surface area contributed by atoms with E-state index in [0.29, 0.717) is 24.3 Å². The summed E-state index contributed by atoms with van der Waals surface area (Å²) in [5, 5.41) is 20.5. The molecule has 25 heavy (non-hydrogen) atoms. The fraction of sp³-hybridized carbons (Fsp3) is 0.412. The van der Waals surface area contributed by atoms with E-state index < -0.39 is 10.9 Å². The predicted octanol–water partition coefficient (Wildman–Crippen LogP) is 1.82. The molecule has 1 aliphatic rings. The van der Waals surface area contributed by atoms with Gasteiger partial charge in [-0.05, 0) is 31.7 Å². The van der Waals surface area contributed by atoms with E-state index in [0.717, 1.165) is 13.1 Å². The number of piperazine rings is 1. The van der Waals surface area contributed by atoms with Crippen LogP contribution in [0, 0.1) is 21.4 Å². The summed E-state index contributed by atoms with van der Waals surface area (Å²) in [7, 11) is 2.01. The van der Waals surface area contributed by atoms with Gasteiger partial charge in [0.2, 0.25) is 0 Å². The average molecular weight is 344 g/mol. The number of benzene rings is 1. The first-order chi connectivity index (χ1) is 12.0. The van der Waals surface area contributed by atoms with E-state index in [9.17, 15) is 14.9 Å². The Bertz CT molecular complexity index is 731. The molecule has 0 N–H and O–H groups in total. The fourth-order valence-electron chi connectivity index (χ4n) is 2.60. The van der Waals surface area contributed by atoms with E-state index >= 15 is 0 Å². The first-order valence-electron chi connectivity index (χ1n) is 7.97. The summed E-state index contributed by atoms with van der Waals surface area (Å²) in [6.45, 7) is 4.88. The van der Waals surface area contributed by atoms with Crippen LogP contribution in [0.2, 0.25) is 0 Å². The Morgan fingerprint density at radius 2 is 2.08 bits per heavy atom. The van der Waals surface area contributed by atoms with E-state index in [1.165, 1.54) is 12.1 Å². The molecule has 0 saturated carbocycles. The van der Waals surface area contributed by atoms with Crippen molar-refractivity contribution in [1.29, 1.82) is 5.26 Å². The summed E-state index contributed by atoms with van der Waals surface area (Å²) in [5.74, 6) is -0.740. The van der Waals surface area contributed by atoms with Crippen LogP contribution < -0.4 is 4.90 Å². The van der Waals surface area contributed by atoms with Crippen LogP contribution in [0.1, 0.15) is 12.5 Å². The predicted molar refractivity (Wildman–Crippen MR) is 93.0 cm³/mol. The number of nitro benzene ring substituents is 1. The second kappa shape index (κ2) is 8.26. The van der Waals surface area contributed by atoms with Gasteiger partial charge < -0.3 is 14.5 Å². The third-order valence-electron chi connectivity index (χ3n) is 3.97. The van der Waals surface area contributed by atoms with Crippen molar-refractivity contribution in [2.24, 2.45) is 0 Å². The van der Waals surface area contributed by atoms with Gasteiger partial charge in [0.25, 0.3) is 5.69 Å². The molecule has 1 aromatic carbocycles. The highest BCUT2D eigenvalue weighted by molar-refractivity contribution is 5.98. The highest BCUT2D eigenvalue weighted by Gasteiger charge is 2.23. The van der Waals surface area contributed by atoms with Crippen molar-refractivity contribution in [3.05, 3.63) is 39.4 Å². The zero-order chi connectivity index (χ0) is 18.4. The van der Waals surface area contributed by atoms with Crippen molar-refractivity contribution >= 4 is 23.4 Å². The Kier molecular flexibility index (Phi) is 6.08. The number of nitro groups is 1. The van der Waals surface area contributed by atoms with Gasteiger partial charge in [-0.2, -0.15) is 5.26 Å². The van der Waals surface area contributed by atoms with Crippen molar-refractivity contribution in [1.82, 2.24) is 4.90 Å². The Morgan fingerprint density at radius 1 is 1.40 bits per heavy atom. The Morgan fingerprint density at radius 3 is 2.64 bits per heavy atom. The van der Waals surface area contributed by atoms with Gasteiger partial charge >= 0.3 is 5.97 Å². The van der Waals surface area contributed by atoms with Crippen LogP contribution in [-0.2, 0) is 9.53 Å². The summed E-state index contributed by atoms with van der Waals surface area (Å²) in [4.78, 5) is 26.8. The van der Waals surface area contributed by atoms with Gasteiger partial charge in [-0.1, -0.05) is 6.07 Å². The van der Waals surface area contributed by atoms with Gasteiger partial charge in [0.15, 0.2) is 0 Å². The van der Waals surface area contributed by atoms with Gasteiger partial charge in [-0.15, -0.1) is 0 Å². The highest BCUT2D eigenvalue weighted by atomic mass is 16.6. The number of esters is 1. The monoisotopic (exact) mass is 344 g/mol. The molecular formula is C17H20N4O4. The summed E-state index contributed by atoms with van der Waals surface area (Å²) >= 11 is 0. The zero-order valence-corrected chi connectivity index (χ0v) is 14.3. The molecule has 1 aromatic rings. The smallest absolute Gasteiger partial charge is 0.348 e. The van der Waals surface area contributed by atoms with Gasteiger partial charge in [0.05, 0.1) is 11.5 Å². The van der Waals surface area contributed by atoms with Gasteiger partial charge in [0, 0.05) is 32.2 Å². The van der Waals surface area contributed by atoms with Gasteiger partial charge in [-0.25, -0.2) is 4.79 Å². The standard InChI is InChI=1S/C17H20N4O4/c1-3-25-17(22)14(12-18)10-13-4-5-15(16(11-13)21(23)24)20-8-6-19(2)7-9-20/h4-5,10-11H,3,6-9H2,1-2H3/b14-10+. The number of nitriles is 1. The third kappa shape index (κ3) is 4.55. The number of anilines is 1. The molecule has 132 valence electrons. The molecule has 0 atom stereocenters. The summed E-state index contributed by atoms with van der Waals surface area (Å²) in [5.41, 5.74) is 0.724. The van der Waals surface area contributed by atoms with Crippen LogP contribution in [0.15, 0.2) is 23.8 Å². The van der Waals surface area contributed by atoms with E-state index in [4.69, 9.17) is 10.00 Å². The molecule has 1 heterocycles. The maximum absolute atomic E-state index is 11.7. The van der Waals surface area contributed by atoms with E-state index in [1.807, 2.05) is 11.9 Å². The first kappa shape index (κ1) is 18.4. The molecule has 0 unspecified atom stereocenters. The molecule has 0 radical (unpaired) electrons. The molecule has 0 aliphatic carbocycles. The minimum Gasteiger partial charge on any atom is -0.462 e. The van der Waals surface area contributed by atoms with Crippen molar-refractivity contribution in [3.8, 4) is 6.07 Å². The van der Waals surface area contributed by atoms with E-state index in [1.54, 1.807) is 25.1 Å². The molecule has 0 spiro atoms. The average Bonchev–Trinajstić information content (AvgIpc) is 2.60. The second-order valence-electron chi connectivity index (χ2n) is 5.69. The minimum absolute atomic E-state index is 0.0422. The number of carbonyl (C=O) groups excluding carboxylic acids is 1. The van der Waals surface area contributed by atoms with Crippen LogP contribution in [0.25, 0.3) is 6.08 Å². The Balaban J connectivity index is 2.34. The summed E-state index contributed by atoms with van der Waals surface area (Å²) < 4.78 is 4.80. The summed E-state index contributed by atoms with van der Waals surface area (Å²) in [6.07, 6.45) is 1.30. The lowest BCUT2D eigenvalue weighted by molar-refractivity contribution is -0.384. The van der Waals surface area contributed by atoms with Crippen molar-refractivity contribution in [2.75, 3.05) is 44.7 Å². The second-order valence-corrected chi connectivity index (χ2v) is 5.69. The molecule has 1 fully saturated rings. The molecule has 8 nitrogen and oxygen atoms in total.